The molecule has 1 saturated carbocycles. The number of halogens is 1. The van der Waals surface area contributed by atoms with Crippen LogP contribution in [0.5, 0.6) is 0 Å². The topological polar surface area (TPSA) is 0 Å². The van der Waals surface area contributed by atoms with Crippen molar-refractivity contribution in [3.05, 3.63) is 12.2 Å². The monoisotopic (exact) mass is 156 g/mol. The van der Waals surface area contributed by atoms with E-state index in [0.717, 1.165) is 19.3 Å². The average Bonchev–Trinajstić information content (AvgIpc) is 2.10. The molecule has 0 aromatic heterocycles. The van der Waals surface area contributed by atoms with Gasteiger partial charge in [0, 0.05) is 0 Å². The molecule has 0 bridgehead atoms. The highest BCUT2D eigenvalue weighted by molar-refractivity contribution is 5.02. The molecule has 0 nitrogen and oxygen atoms in total. The van der Waals surface area contributed by atoms with Crippen LogP contribution in [0.2, 0.25) is 0 Å². The van der Waals surface area contributed by atoms with Crippen molar-refractivity contribution in [2.45, 2.75) is 45.2 Å². The van der Waals surface area contributed by atoms with E-state index in [4.69, 9.17) is 0 Å². The fourth-order valence-electron chi connectivity index (χ4n) is 1.88. The average molecular weight is 156 g/mol. The molecule has 0 aliphatic heterocycles. The van der Waals surface area contributed by atoms with Crippen LogP contribution in [0, 0.1) is 5.92 Å². The van der Waals surface area contributed by atoms with Crippen LogP contribution in [0.25, 0.3) is 0 Å². The Bertz CT molecular complexity index is 153. The van der Waals surface area contributed by atoms with Gasteiger partial charge in [0.1, 0.15) is 5.67 Å². The van der Waals surface area contributed by atoms with Crippen LogP contribution in [0.4, 0.5) is 4.39 Å². The van der Waals surface area contributed by atoms with Crippen molar-refractivity contribution in [3.8, 4) is 0 Å². The van der Waals surface area contributed by atoms with Crippen LogP contribution in [0.1, 0.15) is 39.5 Å². The smallest absolute Gasteiger partial charge is 0.105 e. The fourth-order valence-corrected chi connectivity index (χ4v) is 1.88. The Labute approximate surface area is 68.5 Å². The summed E-state index contributed by atoms with van der Waals surface area (Å²) < 4.78 is 13.1. The molecule has 0 aromatic carbocycles. The summed E-state index contributed by atoms with van der Waals surface area (Å²) in [4.78, 5) is 0. The Kier molecular flexibility index (Phi) is 2.36. The molecule has 0 radical (unpaired) electrons. The lowest BCUT2D eigenvalue weighted by atomic mass is 9.94. The minimum atomic E-state index is -0.991. The van der Waals surface area contributed by atoms with Gasteiger partial charge in [-0.15, -0.1) is 0 Å². The Morgan fingerprint density at radius 3 is 2.64 bits per heavy atom. The zero-order valence-electron chi connectivity index (χ0n) is 7.49. The van der Waals surface area contributed by atoms with E-state index in [2.05, 4.69) is 6.58 Å². The third-order valence-corrected chi connectivity index (χ3v) is 2.26. The summed E-state index contributed by atoms with van der Waals surface area (Å²) in [5.41, 5.74) is 0.314. The number of allylic oxidation sites excluding steroid dienone is 1. The molecule has 1 heteroatoms. The molecule has 1 aliphatic carbocycles. The van der Waals surface area contributed by atoms with E-state index in [1.165, 1.54) is 5.57 Å². The first-order chi connectivity index (χ1) is 4.97. The SMILES string of the molecule is C=C1CCC(CC(C)(C)F)C1. The summed E-state index contributed by atoms with van der Waals surface area (Å²) in [6.07, 6.45) is 4.01. The summed E-state index contributed by atoms with van der Waals surface area (Å²) in [5.74, 6) is 0.558. The molecule has 64 valence electrons. The summed E-state index contributed by atoms with van der Waals surface area (Å²) in [5, 5.41) is 0. The number of alkyl halides is 1. The molecule has 11 heavy (non-hydrogen) atoms. The van der Waals surface area contributed by atoms with Crippen molar-refractivity contribution < 1.29 is 4.39 Å². The van der Waals surface area contributed by atoms with Gasteiger partial charge < -0.3 is 0 Å². The van der Waals surface area contributed by atoms with Crippen LogP contribution in [0.15, 0.2) is 12.2 Å². The highest BCUT2D eigenvalue weighted by Crippen LogP contribution is 2.35. The molecule has 0 heterocycles. The lowest BCUT2D eigenvalue weighted by Crippen LogP contribution is -2.16. The highest BCUT2D eigenvalue weighted by atomic mass is 19.1. The van der Waals surface area contributed by atoms with Gasteiger partial charge in [-0.2, -0.15) is 0 Å². The third kappa shape index (κ3) is 3.04. The second-order valence-corrected chi connectivity index (χ2v) is 4.28. The van der Waals surface area contributed by atoms with Crippen LogP contribution in [0.3, 0.4) is 0 Å². The van der Waals surface area contributed by atoms with E-state index >= 15 is 0 Å². The van der Waals surface area contributed by atoms with Crippen molar-refractivity contribution in [1.29, 1.82) is 0 Å². The van der Waals surface area contributed by atoms with Crippen LogP contribution in [-0.2, 0) is 0 Å². The van der Waals surface area contributed by atoms with Crippen molar-refractivity contribution in [1.82, 2.24) is 0 Å². The number of rotatable bonds is 2. The second kappa shape index (κ2) is 2.96. The van der Waals surface area contributed by atoms with Gasteiger partial charge in [0.05, 0.1) is 0 Å². The summed E-state index contributed by atoms with van der Waals surface area (Å²) in [7, 11) is 0. The molecular formula is C10H17F. The zero-order chi connectivity index (χ0) is 8.48. The van der Waals surface area contributed by atoms with Gasteiger partial charge in [-0.1, -0.05) is 12.2 Å². The first kappa shape index (κ1) is 8.76. The van der Waals surface area contributed by atoms with Crippen LogP contribution in [-0.4, -0.2) is 5.67 Å². The van der Waals surface area contributed by atoms with E-state index < -0.39 is 5.67 Å². The quantitative estimate of drug-likeness (QED) is 0.537. The minimum absolute atomic E-state index is 0.558. The standard InChI is InChI=1S/C10H17F/c1-8-4-5-9(6-8)7-10(2,3)11/h9H,1,4-7H2,2-3H3. The third-order valence-electron chi connectivity index (χ3n) is 2.26. The molecule has 1 atom stereocenters. The van der Waals surface area contributed by atoms with E-state index in [1.807, 2.05) is 0 Å². The Morgan fingerprint density at radius 2 is 2.27 bits per heavy atom. The summed E-state index contributed by atoms with van der Waals surface area (Å²) in [6, 6.07) is 0. The number of hydrogen-bond donors (Lipinski definition) is 0. The largest absolute Gasteiger partial charge is 0.244 e. The Balaban J connectivity index is 2.34. The Morgan fingerprint density at radius 1 is 1.64 bits per heavy atom. The van der Waals surface area contributed by atoms with Crippen molar-refractivity contribution in [3.63, 3.8) is 0 Å². The predicted octanol–water partition coefficient (Wildman–Crippen LogP) is 3.48. The molecule has 0 saturated heterocycles. The molecule has 1 fully saturated rings. The maximum atomic E-state index is 13.1. The second-order valence-electron chi connectivity index (χ2n) is 4.28. The Hall–Kier alpha value is -0.330. The molecule has 1 aliphatic rings. The molecule has 0 N–H and O–H groups in total. The molecule has 0 aromatic rings. The molecule has 0 amide bonds. The predicted molar refractivity (Wildman–Crippen MR) is 46.3 cm³/mol. The van der Waals surface area contributed by atoms with Gasteiger partial charge in [-0.3, -0.25) is 0 Å². The van der Waals surface area contributed by atoms with Crippen LogP contribution < -0.4 is 0 Å². The van der Waals surface area contributed by atoms with E-state index in [1.54, 1.807) is 13.8 Å². The van der Waals surface area contributed by atoms with E-state index in [0.29, 0.717) is 12.3 Å². The van der Waals surface area contributed by atoms with Crippen molar-refractivity contribution in [2.75, 3.05) is 0 Å². The first-order valence-electron chi connectivity index (χ1n) is 4.33. The minimum Gasteiger partial charge on any atom is -0.244 e. The zero-order valence-corrected chi connectivity index (χ0v) is 7.49. The lowest BCUT2D eigenvalue weighted by Gasteiger charge is -2.18. The fraction of sp³-hybridized carbons (Fsp3) is 0.800. The summed E-state index contributed by atoms with van der Waals surface area (Å²) in [6.45, 7) is 7.23. The lowest BCUT2D eigenvalue weighted by molar-refractivity contribution is 0.170. The van der Waals surface area contributed by atoms with Crippen molar-refractivity contribution in [2.24, 2.45) is 5.92 Å². The highest BCUT2D eigenvalue weighted by Gasteiger charge is 2.25. The maximum Gasteiger partial charge on any atom is 0.105 e. The van der Waals surface area contributed by atoms with Gasteiger partial charge in [0.25, 0.3) is 0 Å². The van der Waals surface area contributed by atoms with Crippen molar-refractivity contribution >= 4 is 0 Å². The van der Waals surface area contributed by atoms with Gasteiger partial charge in [-0.25, -0.2) is 4.39 Å². The first-order valence-corrected chi connectivity index (χ1v) is 4.33. The molecule has 1 unspecified atom stereocenters. The molecule has 0 spiro atoms. The van der Waals surface area contributed by atoms with E-state index in [-0.39, 0.29) is 0 Å². The van der Waals surface area contributed by atoms with Gasteiger partial charge in [0.2, 0.25) is 0 Å². The number of hydrogen-bond acceptors (Lipinski definition) is 0. The summed E-state index contributed by atoms with van der Waals surface area (Å²) >= 11 is 0. The van der Waals surface area contributed by atoms with Gasteiger partial charge in [-0.05, 0) is 45.4 Å². The van der Waals surface area contributed by atoms with E-state index in [9.17, 15) is 4.39 Å². The normalized spacial score (nSPS) is 26.1. The van der Waals surface area contributed by atoms with Crippen LogP contribution >= 0.6 is 0 Å². The molecular weight excluding hydrogens is 139 g/mol. The van der Waals surface area contributed by atoms with Gasteiger partial charge in [0.15, 0.2) is 0 Å². The molecule has 1 rings (SSSR count). The van der Waals surface area contributed by atoms with Gasteiger partial charge >= 0.3 is 0 Å². The maximum absolute atomic E-state index is 13.1.